The van der Waals surface area contributed by atoms with E-state index in [0.717, 1.165) is 0 Å². The second-order valence-corrected chi connectivity index (χ2v) is 3.45. The van der Waals surface area contributed by atoms with Gasteiger partial charge in [-0.2, -0.15) is 0 Å². The molecule has 1 rings (SSSR count). The van der Waals surface area contributed by atoms with Gasteiger partial charge in [-0.05, 0) is 19.1 Å². The molecule has 0 amide bonds. The summed E-state index contributed by atoms with van der Waals surface area (Å²) in [5, 5.41) is 1.36. The molecule has 0 aliphatic carbocycles. The minimum atomic E-state index is 0.150. The largest absolute Gasteiger partial charge is 0.497 e. The first kappa shape index (κ1) is 13.0. The Kier molecular flexibility index (Phi) is 4.06. The van der Waals surface area contributed by atoms with Crippen molar-refractivity contribution in [3.63, 3.8) is 0 Å². The van der Waals surface area contributed by atoms with Gasteiger partial charge in [-0.25, -0.2) is 5.84 Å². The lowest BCUT2D eigenvalue weighted by atomic mass is 10.2. The molecule has 0 aliphatic rings. The van der Waals surface area contributed by atoms with Crippen molar-refractivity contribution in [3.05, 3.63) is 29.7 Å². The highest BCUT2D eigenvalue weighted by Crippen LogP contribution is 2.32. The molecule has 6 heteroatoms. The highest BCUT2D eigenvalue weighted by molar-refractivity contribution is 5.63. The molecule has 0 heterocycles. The molecular weight excluding hydrogens is 220 g/mol. The summed E-state index contributed by atoms with van der Waals surface area (Å²) >= 11 is 0. The Hall–Kier alpha value is -2.08. The number of hydrazine groups is 1. The number of nitrogens with zero attached hydrogens (tertiary/aromatic N) is 1. The van der Waals surface area contributed by atoms with Crippen LogP contribution in [-0.2, 0) is 0 Å². The number of ether oxygens (including phenoxy) is 2. The van der Waals surface area contributed by atoms with Crippen LogP contribution in [0.5, 0.6) is 11.5 Å². The van der Waals surface area contributed by atoms with Crippen LogP contribution in [0.3, 0.4) is 0 Å². The Balaban J connectivity index is 3.23. The second-order valence-electron chi connectivity index (χ2n) is 3.45. The van der Waals surface area contributed by atoms with Crippen molar-refractivity contribution < 1.29 is 9.47 Å². The van der Waals surface area contributed by atoms with E-state index < -0.39 is 0 Å². The van der Waals surface area contributed by atoms with E-state index in [0.29, 0.717) is 22.9 Å². The van der Waals surface area contributed by atoms with E-state index in [9.17, 15) is 0 Å². The summed E-state index contributed by atoms with van der Waals surface area (Å²) in [7, 11) is 3.14. The Labute approximate surface area is 101 Å². The van der Waals surface area contributed by atoms with Crippen molar-refractivity contribution in [2.24, 2.45) is 17.3 Å². The third kappa shape index (κ3) is 2.73. The van der Waals surface area contributed by atoms with Gasteiger partial charge < -0.3 is 20.9 Å². The molecule has 0 bridgehead atoms. The highest BCUT2D eigenvalue weighted by Gasteiger charge is 2.13. The van der Waals surface area contributed by atoms with Crippen LogP contribution in [0.1, 0.15) is 6.92 Å². The lowest BCUT2D eigenvalue weighted by molar-refractivity contribution is 0.403. The molecular formula is C11H18N4O2. The zero-order chi connectivity index (χ0) is 13.0. The minimum absolute atomic E-state index is 0.150. The first-order valence-corrected chi connectivity index (χ1v) is 5.00. The standard InChI is InChI=1S/C11H18N4O2/c1-7(11(12)13)15(14)9-6-8(16-2)4-5-10(9)17-3/h4-6H,12-14H2,1-3H3. The van der Waals surface area contributed by atoms with Gasteiger partial charge in [-0.1, -0.05) is 0 Å². The molecule has 0 radical (unpaired) electrons. The van der Waals surface area contributed by atoms with Gasteiger partial charge in [0, 0.05) is 6.07 Å². The predicted molar refractivity (Wildman–Crippen MR) is 67.3 cm³/mol. The van der Waals surface area contributed by atoms with E-state index in [1.807, 2.05) is 0 Å². The molecule has 0 aromatic heterocycles. The smallest absolute Gasteiger partial charge is 0.144 e. The van der Waals surface area contributed by atoms with Crippen LogP contribution in [0.25, 0.3) is 0 Å². The maximum Gasteiger partial charge on any atom is 0.144 e. The molecule has 0 spiro atoms. The lowest BCUT2D eigenvalue weighted by Crippen LogP contribution is -2.33. The third-order valence-electron chi connectivity index (χ3n) is 2.42. The van der Waals surface area contributed by atoms with Gasteiger partial charge in [0.25, 0.3) is 0 Å². The zero-order valence-electron chi connectivity index (χ0n) is 10.2. The van der Waals surface area contributed by atoms with Gasteiger partial charge in [0.15, 0.2) is 0 Å². The van der Waals surface area contributed by atoms with Gasteiger partial charge in [0.2, 0.25) is 0 Å². The number of allylic oxidation sites excluding steroid dienone is 1. The topological polar surface area (TPSA) is 99.8 Å². The van der Waals surface area contributed by atoms with Gasteiger partial charge in [-0.15, -0.1) is 0 Å². The van der Waals surface area contributed by atoms with E-state index in [1.54, 1.807) is 39.3 Å². The zero-order valence-corrected chi connectivity index (χ0v) is 10.2. The van der Waals surface area contributed by atoms with Gasteiger partial charge >= 0.3 is 0 Å². The number of anilines is 1. The average Bonchev–Trinajstić information content (AvgIpc) is 2.35. The molecule has 1 aromatic carbocycles. The van der Waals surface area contributed by atoms with Crippen molar-refractivity contribution in [3.8, 4) is 11.5 Å². The van der Waals surface area contributed by atoms with Crippen LogP contribution in [0.2, 0.25) is 0 Å². The number of hydrogen-bond donors (Lipinski definition) is 3. The molecule has 0 saturated heterocycles. The summed E-state index contributed by atoms with van der Waals surface area (Å²) < 4.78 is 10.3. The van der Waals surface area contributed by atoms with E-state index in [2.05, 4.69) is 0 Å². The van der Waals surface area contributed by atoms with E-state index in [4.69, 9.17) is 26.8 Å². The van der Waals surface area contributed by atoms with Crippen LogP contribution in [0.15, 0.2) is 29.7 Å². The molecule has 0 saturated carbocycles. The summed E-state index contributed by atoms with van der Waals surface area (Å²) in [5.41, 5.74) is 12.2. The molecule has 0 atom stereocenters. The predicted octanol–water partition coefficient (Wildman–Crippen LogP) is 0.490. The normalized spacial score (nSPS) is 9.65. The molecule has 0 unspecified atom stereocenters. The fourth-order valence-electron chi connectivity index (χ4n) is 1.30. The molecule has 0 fully saturated rings. The number of methoxy groups -OCH3 is 2. The molecule has 94 valence electrons. The van der Waals surface area contributed by atoms with E-state index in [-0.39, 0.29) is 5.82 Å². The fourth-order valence-corrected chi connectivity index (χ4v) is 1.30. The van der Waals surface area contributed by atoms with Gasteiger partial charge in [-0.3, -0.25) is 5.01 Å². The Bertz CT molecular complexity index is 427. The monoisotopic (exact) mass is 238 g/mol. The van der Waals surface area contributed by atoms with Gasteiger partial charge in [0.1, 0.15) is 23.0 Å². The second kappa shape index (κ2) is 5.31. The number of rotatable bonds is 4. The summed E-state index contributed by atoms with van der Waals surface area (Å²) in [6, 6.07) is 5.28. The molecule has 17 heavy (non-hydrogen) atoms. The summed E-state index contributed by atoms with van der Waals surface area (Å²) in [6.45, 7) is 1.72. The number of hydrogen-bond acceptors (Lipinski definition) is 6. The van der Waals surface area contributed by atoms with Crippen LogP contribution in [0, 0.1) is 0 Å². The first-order valence-electron chi connectivity index (χ1n) is 5.00. The number of nitrogens with two attached hydrogens (primary N) is 3. The van der Waals surface area contributed by atoms with Crippen LogP contribution < -0.4 is 31.8 Å². The SMILES string of the molecule is COc1ccc(OC)c(N(N)C(C)=C(N)N)c1. The van der Waals surface area contributed by atoms with Crippen LogP contribution in [-0.4, -0.2) is 14.2 Å². The van der Waals surface area contributed by atoms with Crippen molar-refractivity contribution in [2.75, 3.05) is 19.2 Å². The van der Waals surface area contributed by atoms with Crippen molar-refractivity contribution in [1.82, 2.24) is 0 Å². The highest BCUT2D eigenvalue weighted by atomic mass is 16.5. The molecule has 1 aromatic rings. The van der Waals surface area contributed by atoms with Crippen molar-refractivity contribution in [1.29, 1.82) is 0 Å². The first-order chi connectivity index (χ1) is 8.01. The third-order valence-corrected chi connectivity index (χ3v) is 2.42. The average molecular weight is 238 g/mol. The van der Waals surface area contributed by atoms with Crippen LogP contribution in [0.4, 0.5) is 5.69 Å². The summed E-state index contributed by atoms with van der Waals surface area (Å²) in [6.07, 6.45) is 0. The molecule has 6 nitrogen and oxygen atoms in total. The van der Waals surface area contributed by atoms with Crippen LogP contribution >= 0.6 is 0 Å². The Morgan fingerprint density at radius 1 is 1.18 bits per heavy atom. The fraction of sp³-hybridized carbons (Fsp3) is 0.273. The lowest BCUT2D eigenvalue weighted by Gasteiger charge is -2.22. The van der Waals surface area contributed by atoms with E-state index >= 15 is 0 Å². The molecule has 6 N–H and O–H groups in total. The maximum atomic E-state index is 5.92. The van der Waals surface area contributed by atoms with E-state index in [1.165, 1.54) is 5.01 Å². The number of benzene rings is 1. The Morgan fingerprint density at radius 2 is 1.82 bits per heavy atom. The van der Waals surface area contributed by atoms with Crippen molar-refractivity contribution in [2.45, 2.75) is 6.92 Å². The quantitative estimate of drug-likeness (QED) is 0.521. The Morgan fingerprint density at radius 3 is 2.29 bits per heavy atom. The van der Waals surface area contributed by atoms with Crippen molar-refractivity contribution >= 4 is 5.69 Å². The molecule has 0 aliphatic heterocycles. The minimum Gasteiger partial charge on any atom is -0.497 e. The summed E-state index contributed by atoms with van der Waals surface area (Å²) in [5.74, 6) is 7.34. The maximum absolute atomic E-state index is 5.92. The van der Waals surface area contributed by atoms with Gasteiger partial charge in [0.05, 0.1) is 19.9 Å². The summed E-state index contributed by atoms with van der Waals surface area (Å²) in [4.78, 5) is 0.